The minimum atomic E-state index is -0.949. The molecule has 0 saturated carbocycles. The minimum absolute atomic E-state index is 0.199. The number of nitrogens with one attached hydrogen (secondary N) is 1. The molecule has 1 atom stereocenters. The highest BCUT2D eigenvalue weighted by atomic mass is 16.5. The molecule has 1 unspecified atom stereocenters. The molecule has 0 radical (unpaired) electrons. The lowest BCUT2D eigenvalue weighted by Gasteiger charge is -2.31. The van der Waals surface area contributed by atoms with Gasteiger partial charge in [-0.2, -0.15) is 9.59 Å². The summed E-state index contributed by atoms with van der Waals surface area (Å²) >= 11 is 0. The second-order valence-electron chi connectivity index (χ2n) is 7.71. The summed E-state index contributed by atoms with van der Waals surface area (Å²) in [5.74, 6) is -0.531. The molecule has 0 saturated heterocycles. The van der Waals surface area contributed by atoms with Crippen molar-refractivity contribution in [2.75, 3.05) is 6.61 Å². The molecule has 0 aromatic heterocycles. The first kappa shape index (κ1) is 28.5. The minimum Gasteiger partial charge on any atom is -0.464 e. The van der Waals surface area contributed by atoms with E-state index in [1.165, 1.54) is 56.6 Å². The van der Waals surface area contributed by atoms with E-state index in [-0.39, 0.29) is 18.0 Å². The van der Waals surface area contributed by atoms with Crippen molar-refractivity contribution in [2.24, 2.45) is 0 Å². The number of amides is 1. The molecule has 31 heavy (non-hydrogen) atoms. The molecule has 174 valence electrons. The van der Waals surface area contributed by atoms with E-state index >= 15 is 0 Å². The normalized spacial score (nSPS) is 12.0. The maximum Gasteiger partial charge on any atom is 0.373 e. The van der Waals surface area contributed by atoms with Gasteiger partial charge >= 0.3 is 12.1 Å². The summed E-state index contributed by atoms with van der Waals surface area (Å²) in [5, 5.41) is 2.88. The van der Waals surface area contributed by atoms with Crippen molar-refractivity contribution in [3.8, 4) is 0 Å². The Bertz CT molecular complexity index is 682. The average molecular weight is 434 g/mol. The van der Waals surface area contributed by atoms with Gasteiger partial charge in [0.1, 0.15) is 5.54 Å². The summed E-state index contributed by atoms with van der Waals surface area (Å²) in [6.07, 6.45) is 10.8. The quantitative estimate of drug-likeness (QED) is 0.337. The lowest BCUT2D eigenvalue weighted by Crippen LogP contribution is -2.54. The van der Waals surface area contributed by atoms with E-state index in [1.807, 2.05) is 6.92 Å². The zero-order chi connectivity index (χ0) is 23.5. The van der Waals surface area contributed by atoms with Crippen molar-refractivity contribution in [2.45, 2.75) is 97.4 Å². The number of hydrogen-bond donors (Lipinski definition) is 1. The zero-order valence-corrected chi connectivity index (χ0v) is 19.6. The first-order chi connectivity index (χ1) is 14.9. The van der Waals surface area contributed by atoms with Gasteiger partial charge in [0.2, 0.25) is 5.91 Å². The third-order valence-electron chi connectivity index (χ3n) is 5.42. The van der Waals surface area contributed by atoms with Crippen LogP contribution in [0, 0.1) is 0 Å². The summed E-state index contributed by atoms with van der Waals surface area (Å²) in [6.45, 7) is 7.73. The highest BCUT2D eigenvalue weighted by Gasteiger charge is 2.38. The van der Waals surface area contributed by atoms with Crippen LogP contribution >= 0.6 is 0 Å². The lowest BCUT2D eigenvalue weighted by atomic mass is 9.86. The van der Waals surface area contributed by atoms with Crippen LogP contribution in [0.3, 0.4) is 0 Å². The highest BCUT2D eigenvalue weighted by Crippen LogP contribution is 2.23. The number of benzene rings is 1. The van der Waals surface area contributed by atoms with Crippen LogP contribution in [0.15, 0.2) is 24.3 Å². The van der Waals surface area contributed by atoms with E-state index < -0.39 is 5.54 Å². The Morgan fingerprint density at radius 3 is 2.00 bits per heavy atom. The summed E-state index contributed by atoms with van der Waals surface area (Å²) in [7, 11) is 0. The number of carbonyl (C=O) groups excluding carboxylic acids is 4. The summed E-state index contributed by atoms with van der Waals surface area (Å²) in [5.41, 5.74) is 1.67. The molecule has 1 rings (SSSR count). The van der Waals surface area contributed by atoms with Crippen molar-refractivity contribution in [1.29, 1.82) is 0 Å². The molecule has 0 aliphatic carbocycles. The zero-order valence-electron chi connectivity index (χ0n) is 19.6. The van der Waals surface area contributed by atoms with Crippen molar-refractivity contribution in [3.05, 3.63) is 35.4 Å². The Kier molecular flexibility index (Phi) is 15.9. The van der Waals surface area contributed by atoms with E-state index in [0.29, 0.717) is 19.4 Å². The molecule has 6 heteroatoms. The third kappa shape index (κ3) is 11.5. The van der Waals surface area contributed by atoms with Crippen LogP contribution in [0.5, 0.6) is 0 Å². The van der Waals surface area contributed by atoms with Crippen LogP contribution < -0.4 is 5.32 Å². The Labute approximate surface area is 187 Å². The number of esters is 1. The molecule has 1 N–H and O–H groups in total. The SMILES string of the molecule is CCCCCCCCc1ccccc1CCC(CC)(NC(C)=O)C(=O)OCC.O=C=O. The molecule has 1 aromatic carbocycles. The van der Waals surface area contributed by atoms with Crippen LogP contribution in [0.25, 0.3) is 0 Å². The van der Waals surface area contributed by atoms with Gasteiger partial charge in [0.05, 0.1) is 6.61 Å². The van der Waals surface area contributed by atoms with Gasteiger partial charge in [-0.1, -0.05) is 70.2 Å². The number of carbonyl (C=O) groups is 2. The maximum atomic E-state index is 12.6. The standard InChI is InChI=1S/C24H39NO3.CO2/c1-5-8-9-10-11-12-15-21-16-13-14-17-22(21)18-19-24(6-2,25-20(4)26)23(27)28-7-3;2-1-3/h13-14,16-17H,5-12,15,18-19H2,1-4H3,(H,25,26);. The van der Waals surface area contributed by atoms with Gasteiger partial charge < -0.3 is 10.1 Å². The molecular formula is C25H39NO5. The molecule has 0 fully saturated rings. The van der Waals surface area contributed by atoms with Gasteiger partial charge in [0, 0.05) is 6.92 Å². The van der Waals surface area contributed by atoms with Crippen molar-refractivity contribution < 1.29 is 23.9 Å². The average Bonchev–Trinajstić information content (AvgIpc) is 2.74. The molecule has 0 heterocycles. The van der Waals surface area contributed by atoms with Gasteiger partial charge in [-0.05, 0) is 50.2 Å². The molecule has 1 aromatic rings. The molecule has 0 aliphatic heterocycles. The first-order valence-electron chi connectivity index (χ1n) is 11.4. The smallest absolute Gasteiger partial charge is 0.373 e. The van der Waals surface area contributed by atoms with E-state index in [1.54, 1.807) is 6.92 Å². The Balaban J connectivity index is 0.00000282. The third-order valence-corrected chi connectivity index (χ3v) is 5.42. The fraction of sp³-hybridized carbons (Fsp3) is 0.640. The number of ether oxygens (including phenoxy) is 1. The van der Waals surface area contributed by atoms with E-state index in [2.05, 4.69) is 36.5 Å². The largest absolute Gasteiger partial charge is 0.464 e. The van der Waals surface area contributed by atoms with E-state index in [9.17, 15) is 9.59 Å². The highest BCUT2D eigenvalue weighted by molar-refractivity contribution is 5.87. The van der Waals surface area contributed by atoms with Gasteiger partial charge in [0.25, 0.3) is 0 Å². The summed E-state index contributed by atoms with van der Waals surface area (Å²) in [4.78, 5) is 40.6. The lowest BCUT2D eigenvalue weighted by molar-refractivity contribution is -0.191. The van der Waals surface area contributed by atoms with Gasteiger partial charge in [-0.15, -0.1) is 0 Å². The number of unbranched alkanes of at least 4 members (excludes halogenated alkanes) is 5. The van der Waals surface area contributed by atoms with Crippen molar-refractivity contribution in [3.63, 3.8) is 0 Å². The van der Waals surface area contributed by atoms with Crippen LogP contribution in [0.1, 0.15) is 90.2 Å². The Morgan fingerprint density at radius 1 is 0.935 bits per heavy atom. The topological polar surface area (TPSA) is 89.5 Å². The van der Waals surface area contributed by atoms with Crippen molar-refractivity contribution in [1.82, 2.24) is 5.32 Å². The van der Waals surface area contributed by atoms with Gasteiger partial charge in [-0.25, -0.2) is 4.79 Å². The molecule has 1 amide bonds. The molecule has 0 spiro atoms. The molecule has 0 bridgehead atoms. The van der Waals surface area contributed by atoms with E-state index in [0.717, 1.165) is 12.8 Å². The first-order valence-corrected chi connectivity index (χ1v) is 11.4. The predicted molar refractivity (Wildman–Crippen MR) is 120 cm³/mol. The van der Waals surface area contributed by atoms with Gasteiger partial charge in [-0.3, -0.25) is 4.79 Å². The van der Waals surface area contributed by atoms with Crippen molar-refractivity contribution >= 4 is 18.0 Å². The second-order valence-corrected chi connectivity index (χ2v) is 7.71. The van der Waals surface area contributed by atoms with Crippen LogP contribution in [-0.2, 0) is 36.8 Å². The molecule has 0 aliphatic rings. The van der Waals surface area contributed by atoms with Crippen LogP contribution in [-0.4, -0.2) is 30.2 Å². The van der Waals surface area contributed by atoms with Crippen LogP contribution in [0.4, 0.5) is 0 Å². The monoisotopic (exact) mass is 433 g/mol. The number of hydrogen-bond acceptors (Lipinski definition) is 5. The maximum absolute atomic E-state index is 12.6. The number of rotatable bonds is 14. The Hall–Kier alpha value is -2.46. The number of aryl methyl sites for hydroxylation is 2. The predicted octanol–water partition coefficient (Wildman–Crippen LogP) is 4.79. The fourth-order valence-corrected chi connectivity index (χ4v) is 3.72. The second kappa shape index (κ2) is 17.2. The fourth-order valence-electron chi connectivity index (χ4n) is 3.72. The summed E-state index contributed by atoms with van der Waals surface area (Å²) in [6, 6.07) is 8.47. The molecule has 6 nitrogen and oxygen atoms in total. The van der Waals surface area contributed by atoms with Gasteiger partial charge in [0.15, 0.2) is 0 Å². The Morgan fingerprint density at radius 2 is 1.48 bits per heavy atom. The summed E-state index contributed by atoms with van der Waals surface area (Å²) < 4.78 is 5.28. The molecular weight excluding hydrogens is 394 g/mol. The van der Waals surface area contributed by atoms with Crippen LogP contribution in [0.2, 0.25) is 0 Å². The van der Waals surface area contributed by atoms with E-state index in [4.69, 9.17) is 14.3 Å².